The Morgan fingerprint density at radius 3 is 1.95 bits per heavy atom. The zero-order chi connectivity index (χ0) is 15.3. The van der Waals surface area contributed by atoms with Crippen LogP contribution in [0.15, 0.2) is 0 Å². The van der Waals surface area contributed by atoms with Crippen LogP contribution in [0, 0.1) is 5.92 Å². The van der Waals surface area contributed by atoms with Crippen LogP contribution in [0.4, 0.5) is 0 Å². The van der Waals surface area contributed by atoms with E-state index in [0.29, 0.717) is 5.92 Å². The van der Waals surface area contributed by atoms with Crippen LogP contribution in [0.2, 0.25) is 0 Å². The van der Waals surface area contributed by atoms with Crippen molar-refractivity contribution in [3.8, 4) is 0 Å². The first-order valence-corrected chi connectivity index (χ1v) is 8.15. The molecule has 3 heteroatoms. The molecule has 5 atom stereocenters. The van der Waals surface area contributed by atoms with Crippen LogP contribution < -0.4 is 0 Å². The molecule has 2 nitrogen and oxygen atoms in total. The molecule has 4 aliphatic rings. The Hall–Kier alpha value is 0.110. The summed E-state index contributed by atoms with van der Waals surface area (Å²) in [6.45, 7) is 11.1. The molecule has 0 radical (unpaired) electrons. The van der Waals surface area contributed by atoms with Gasteiger partial charge >= 0.3 is 37.7 Å². The molecule has 0 amide bonds. The van der Waals surface area contributed by atoms with Crippen LogP contribution >= 0.6 is 0 Å². The Kier molecular flexibility index (Phi) is 3.71. The van der Waals surface area contributed by atoms with Crippen LogP contribution in [0.1, 0.15) is 79.3 Å². The molecule has 0 aromatic heterocycles. The van der Waals surface area contributed by atoms with Crippen LogP contribution in [0.3, 0.4) is 0 Å². The maximum Gasteiger partial charge on any atom is 2.00 e. The van der Waals surface area contributed by atoms with Gasteiger partial charge in [-0.05, 0) is 77.3 Å². The molecule has 1 fully saturated rings. The SMILES string of the molecule is C=O.CC1Cc2c1c1c(c3c2C(C)(O)C32CC2C)C(C)C1.[Ca+2]. The van der Waals surface area contributed by atoms with E-state index in [1.54, 1.807) is 22.3 Å². The Bertz CT molecular complexity index is 679. The van der Waals surface area contributed by atoms with Crippen LogP contribution in [0.25, 0.3) is 0 Å². The summed E-state index contributed by atoms with van der Waals surface area (Å²) < 4.78 is 0. The van der Waals surface area contributed by atoms with E-state index in [0.717, 1.165) is 11.8 Å². The largest absolute Gasteiger partial charge is 2.00 e. The quantitative estimate of drug-likeness (QED) is 0.745. The van der Waals surface area contributed by atoms with Crippen molar-refractivity contribution < 1.29 is 9.90 Å². The first-order chi connectivity index (χ1) is 9.91. The third kappa shape index (κ3) is 1.49. The Labute approximate surface area is 162 Å². The summed E-state index contributed by atoms with van der Waals surface area (Å²) in [5.41, 5.74) is 9.02. The molecular weight excluding hydrogens is 300 g/mol. The molecule has 1 spiro atoms. The number of fused-ring (bicyclic) bond motifs is 7. The second-order valence-corrected chi connectivity index (χ2v) is 7.89. The summed E-state index contributed by atoms with van der Waals surface area (Å²) in [4.78, 5) is 8.00. The van der Waals surface area contributed by atoms with Gasteiger partial charge in [0.05, 0.1) is 5.60 Å². The van der Waals surface area contributed by atoms with Crippen LogP contribution in [-0.4, -0.2) is 49.6 Å². The van der Waals surface area contributed by atoms with Crippen molar-refractivity contribution in [2.24, 2.45) is 5.92 Å². The molecule has 1 aromatic carbocycles. The summed E-state index contributed by atoms with van der Waals surface area (Å²) in [7, 11) is 0. The van der Waals surface area contributed by atoms with Crippen molar-refractivity contribution in [1.82, 2.24) is 0 Å². The van der Waals surface area contributed by atoms with Crippen molar-refractivity contribution in [3.05, 3.63) is 33.4 Å². The van der Waals surface area contributed by atoms with E-state index in [9.17, 15) is 5.11 Å². The van der Waals surface area contributed by atoms with Crippen molar-refractivity contribution in [1.29, 1.82) is 0 Å². The maximum absolute atomic E-state index is 11.1. The van der Waals surface area contributed by atoms with Crippen molar-refractivity contribution in [2.45, 2.75) is 69.8 Å². The van der Waals surface area contributed by atoms with E-state index >= 15 is 0 Å². The van der Waals surface area contributed by atoms with E-state index < -0.39 is 5.60 Å². The number of rotatable bonds is 0. The first kappa shape index (κ1) is 16.9. The molecule has 5 rings (SSSR count). The van der Waals surface area contributed by atoms with Gasteiger partial charge in [0.2, 0.25) is 0 Å². The molecule has 5 unspecified atom stereocenters. The Morgan fingerprint density at radius 1 is 1.00 bits per heavy atom. The van der Waals surface area contributed by atoms with Crippen LogP contribution in [0.5, 0.6) is 0 Å². The normalized spacial score (nSPS) is 41.2. The second kappa shape index (κ2) is 4.81. The zero-order valence-corrected chi connectivity index (χ0v) is 16.3. The predicted octanol–water partition coefficient (Wildman–Crippen LogP) is 2.94. The molecule has 1 N–H and O–H groups in total. The van der Waals surface area contributed by atoms with Gasteiger partial charge in [-0.1, -0.05) is 20.8 Å². The summed E-state index contributed by atoms with van der Waals surface area (Å²) in [5, 5.41) is 11.1. The average Bonchev–Trinajstić information content (AvgIpc) is 3.13. The number of benzene rings is 1. The summed E-state index contributed by atoms with van der Waals surface area (Å²) in [6, 6.07) is 0. The molecule has 1 saturated carbocycles. The molecular formula is C19H24CaO2+2. The minimum Gasteiger partial charge on any atom is -0.384 e. The molecule has 22 heavy (non-hydrogen) atoms. The van der Waals surface area contributed by atoms with Crippen LogP contribution in [-0.2, 0) is 28.7 Å². The van der Waals surface area contributed by atoms with Gasteiger partial charge < -0.3 is 9.90 Å². The number of carbonyl (C=O) groups is 1. The average molecular weight is 324 g/mol. The number of carbonyl (C=O) groups excluding carboxylic acids is 1. The first-order valence-electron chi connectivity index (χ1n) is 8.15. The monoisotopic (exact) mass is 324 g/mol. The molecule has 4 aliphatic carbocycles. The zero-order valence-electron chi connectivity index (χ0n) is 14.1. The molecule has 0 bridgehead atoms. The fourth-order valence-electron chi connectivity index (χ4n) is 5.88. The maximum atomic E-state index is 11.1. The van der Waals surface area contributed by atoms with Gasteiger partial charge in [-0.2, -0.15) is 0 Å². The Morgan fingerprint density at radius 2 is 1.50 bits per heavy atom. The smallest absolute Gasteiger partial charge is 0.384 e. The van der Waals surface area contributed by atoms with Crippen molar-refractivity contribution in [2.75, 3.05) is 0 Å². The molecule has 112 valence electrons. The third-order valence-corrected chi connectivity index (χ3v) is 6.91. The van der Waals surface area contributed by atoms with E-state index in [1.165, 1.54) is 30.4 Å². The topological polar surface area (TPSA) is 37.3 Å². The summed E-state index contributed by atoms with van der Waals surface area (Å²) in [6.07, 6.45) is 3.67. The molecule has 1 aromatic rings. The van der Waals surface area contributed by atoms with Crippen molar-refractivity contribution >= 4 is 44.5 Å². The van der Waals surface area contributed by atoms with Gasteiger partial charge in [-0.3, -0.25) is 0 Å². The minimum atomic E-state index is -0.545. The third-order valence-electron chi connectivity index (χ3n) is 6.91. The second-order valence-electron chi connectivity index (χ2n) is 7.89. The number of aliphatic hydroxyl groups is 1. The van der Waals surface area contributed by atoms with E-state index in [4.69, 9.17) is 4.79 Å². The summed E-state index contributed by atoms with van der Waals surface area (Å²) >= 11 is 0. The van der Waals surface area contributed by atoms with E-state index in [-0.39, 0.29) is 43.2 Å². The summed E-state index contributed by atoms with van der Waals surface area (Å²) in [5.74, 6) is 2.12. The minimum absolute atomic E-state index is 0. The molecule has 0 saturated heterocycles. The van der Waals surface area contributed by atoms with E-state index in [2.05, 4.69) is 27.7 Å². The standard InChI is InChI=1S/C18H22O.CH2O.Ca/c1-8-6-12-13(8)11-5-9(2)14(11)16-15(12)17(4,19)18(16)7-10(18)3;1-2;/h8-10,19H,5-7H2,1-4H3;1H2;/q;;+2. The Balaban J connectivity index is 0.000000463. The fraction of sp³-hybridized carbons (Fsp3) is 0.632. The fourth-order valence-corrected chi connectivity index (χ4v) is 5.88. The number of hydrogen-bond donors (Lipinski definition) is 1. The van der Waals surface area contributed by atoms with Gasteiger partial charge in [0.15, 0.2) is 0 Å². The van der Waals surface area contributed by atoms with E-state index in [1.807, 2.05) is 6.79 Å². The predicted molar refractivity (Wildman–Crippen MR) is 88.6 cm³/mol. The van der Waals surface area contributed by atoms with Gasteiger partial charge in [0, 0.05) is 5.41 Å². The molecule has 0 heterocycles. The number of hydrogen-bond acceptors (Lipinski definition) is 2. The molecule has 0 aliphatic heterocycles. The van der Waals surface area contributed by atoms with Gasteiger partial charge in [0.25, 0.3) is 0 Å². The van der Waals surface area contributed by atoms with Gasteiger partial charge in [-0.15, -0.1) is 0 Å². The van der Waals surface area contributed by atoms with Crippen molar-refractivity contribution in [3.63, 3.8) is 0 Å². The van der Waals surface area contributed by atoms with Gasteiger partial charge in [0.1, 0.15) is 6.79 Å². The van der Waals surface area contributed by atoms with Gasteiger partial charge in [-0.25, -0.2) is 0 Å².